The van der Waals surface area contributed by atoms with Crippen molar-refractivity contribution in [3.05, 3.63) is 70.8 Å². The molecule has 208 valence electrons. The second-order valence-corrected chi connectivity index (χ2v) is 10.3. The van der Waals surface area contributed by atoms with Crippen LogP contribution in [-0.4, -0.2) is 60.1 Å². The molecule has 3 N–H and O–H groups in total. The second kappa shape index (κ2) is 13.9. The van der Waals surface area contributed by atoms with Crippen LogP contribution in [0.25, 0.3) is 0 Å². The summed E-state index contributed by atoms with van der Waals surface area (Å²) in [5.41, 5.74) is 2.90. The van der Waals surface area contributed by atoms with Crippen molar-refractivity contribution < 1.29 is 36.6 Å². The molecule has 0 aromatic heterocycles. The molecule has 11 heteroatoms. The number of piperidine rings is 1. The fraction of sp³-hybridized carbons (Fsp3) is 0.481. The minimum Gasteiger partial charge on any atom is -0.385 e. The Balaban J connectivity index is 0.000000336. The van der Waals surface area contributed by atoms with E-state index in [0.717, 1.165) is 56.6 Å². The smallest absolute Gasteiger partial charge is 0.385 e. The van der Waals surface area contributed by atoms with Crippen LogP contribution in [0.15, 0.2) is 48.5 Å². The Labute approximate surface area is 221 Å². The summed E-state index contributed by atoms with van der Waals surface area (Å²) in [6, 6.07) is 12.5. The molecule has 0 spiro atoms. The van der Waals surface area contributed by atoms with E-state index < -0.39 is 40.1 Å². The fourth-order valence-electron chi connectivity index (χ4n) is 4.72. The van der Waals surface area contributed by atoms with Gasteiger partial charge in [-0.1, -0.05) is 55.0 Å². The molecule has 3 atom stereocenters. The molecule has 1 amide bonds. The van der Waals surface area contributed by atoms with Crippen molar-refractivity contribution in [3.8, 4) is 0 Å². The Morgan fingerprint density at radius 2 is 1.74 bits per heavy atom. The minimum atomic E-state index is -4.21. The molecule has 4 rings (SSSR count). The molecule has 2 aromatic rings. The molecule has 2 aromatic carbocycles. The highest BCUT2D eigenvalue weighted by Crippen LogP contribution is 2.31. The fourth-order valence-corrected chi connectivity index (χ4v) is 5.10. The highest BCUT2D eigenvalue weighted by atomic mass is 32.2. The number of carbonyl (C=O) groups excluding carboxylic acids is 1. The van der Waals surface area contributed by atoms with E-state index in [-0.39, 0.29) is 6.04 Å². The Morgan fingerprint density at radius 1 is 1.05 bits per heavy atom. The van der Waals surface area contributed by atoms with Gasteiger partial charge in [0.05, 0.1) is 17.0 Å². The summed E-state index contributed by atoms with van der Waals surface area (Å²) in [6.07, 6.45) is -1.36. The SMILES string of the molecule is FC(F)(F)c1ccccc1.O=C(N[C@@H]1CCCc2cc(CN3CCCCC3)ccc21)[C@@H](O)[C@@H](O)C=S(=O)=O. The summed E-state index contributed by atoms with van der Waals surface area (Å²) in [7, 11) is -2.65. The van der Waals surface area contributed by atoms with Gasteiger partial charge >= 0.3 is 6.18 Å². The van der Waals surface area contributed by atoms with Gasteiger partial charge in [-0.05, 0) is 61.9 Å². The van der Waals surface area contributed by atoms with Crippen LogP contribution in [0, 0.1) is 0 Å². The van der Waals surface area contributed by atoms with E-state index in [1.165, 1.54) is 42.5 Å². The second-order valence-electron chi connectivity index (χ2n) is 9.52. The van der Waals surface area contributed by atoms with Gasteiger partial charge in [-0.25, -0.2) is 0 Å². The Morgan fingerprint density at radius 3 is 2.34 bits per heavy atom. The van der Waals surface area contributed by atoms with Crippen LogP contribution < -0.4 is 5.32 Å². The maximum atomic E-state index is 12.2. The molecular weight excluding hydrogens is 521 g/mol. The summed E-state index contributed by atoms with van der Waals surface area (Å²) in [6.45, 7) is 3.22. The third-order valence-electron chi connectivity index (χ3n) is 6.64. The zero-order valence-corrected chi connectivity index (χ0v) is 21.7. The molecule has 1 fully saturated rings. The first-order valence-corrected chi connectivity index (χ1v) is 13.7. The number of fused-ring (bicyclic) bond motifs is 1. The lowest BCUT2D eigenvalue weighted by atomic mass is 9.86. The summed E-state index contributed by atoms with van der Waals surface area (Å²) >= 11 is 0. The summed E-state index contributed by atoms with van der Waals surface area (Å²) in [5.74, 6) is -0.774. The number of nitrogens with one attached hydrogen (secondary N) is 1. The van der Waals surface area contributed by atoms with Crippen molar-refractivity contribution >= 4 is 21.6 Å². The summed E-state index contributed by atoms with van der Waals surface area (Å²) < 4.78 is 56.6. The van der Waals surface area contributed by atoms with E-state index >= 15 is 0 Å². The average Bonchev–Trinajstić information content (AvgIpc) is 2.89. The van der Waals surface area contributed by atoms with Gasteiger partial charge < -0.3 is 15.5 Å². The number of nitrogens with zero attached hydrogens (tertiary/aromatic N) is 1. The third-order valence-corrected chi connectivity index (χ3v) is 7.14. The standard InChI is InChI=1S/C20H28N2O5S.C7H5F3/c23-18(13-28(26)27)19(24)20(25)21-17-6-4-5-15-11-14(7-8-16(15)17)12-22-9-2-1-3-10-22;8-7(9,10)6-4-2-1-3-5-6/h7-8,11,13,17-19,23-24H,1-6,9-10,12H2,(H,21,25);1-5H/t17-,18+,19+;/m1./s1. The Bertz CT molecular complexity index is 1190. The number of halogens is 3. The predicted octanol–water partition coefficient (Wildman–Crippen LogP) is 3.27. The van der Waals surface area contributed by atoms with Gasteiger partial charge in [0.15, 0.2) is 6.10 Å². The van der Waals surface area contributed by atoms with Crippen LogP contribution in [-0.2, 0) is 34.2 Å². The molecule has 7 nitrogen and oxygen atoms in total. The van der Waals surface area contributed by atoms with E-state index in [4.69, 9.17) is 0 Å². The van der Waals surface area contributed by atoms with Crippen molar-refractivity contribution in [3.63, 3.8) is 0 Å². The van der Waals surface area contributed by atoms with Crippen molar-refractivity contribution in [1.82, 2.24) is 10.2 Å². The normalized spacial score (nSPS) is 19.2. The summed E-state index contributed by atoms with van der Waals surface area (Å²) in [4.78, 5) is 14.7. The van der Waals surface area contributed by atoms with Gasteiger partial charge in [0.1, 0.15) is 6.10 Å². The van der Waals surface area contributed by atoms with Gasteiger partial charge in [-0.2, -0.15) is 21.6 Å². The lowest BCUT2D eigenvalue weighted by molar-refractivity contribution is -0.137. The number of likely N-dealkylation sites (tertiary alicyclic amines) is 1. The van der Waals surface area contributed by atoms with Gasteiger partial charge in [-0.3, -0.25) is 9.69 Å². The molecule has 0 saturated carbocycles. The van der Waals surface area contributed by atoms with E-state index in [2.05, 4.69) is 22.3 Å². The van der Waals surface area contributed by atoms with Gasteiger partial charge in [0, 0.05) is 6.54 Å². The number of rotatable bonds is 6. The highest BCUT2D eigenvalue weighted by Gasteiger charge is 2.30. The van der Waals surface area contributed by atoms with Crippen LogP contribution in [0.4, 0.5) is 13.2 Å². The van der Waals surface area contributed by atoms with Crippen molar-refractivity contribution in [2.24, 2.45) is 0 Å². The maximum Gasteiger partial charge on any atom is 0.416 e. The average molecular weight is 555 g/mol. The van der Waals surface area contributed by atoms with E-state index in [1.54, 1.807) is 6.07 Å². The number of amides is 1. The van der Waals surface area contributed by atoms with Crippen LogP contribution in [0.5, 0.6) is 0 Å². The van der Waals surface area contributed by atoms with Crippen LogP contribution >= 0.6 is 0 Å². The van der Waals surface area contributed by atoms with Crippen LogP contribution in [0.2, 0.25) is 0 Å². The Kier molecular flexibility index (Phi) is 10.9. The first-order chi connectivity index (χ1) is 18.0. The molecule has 2 aliphatic rings. The maximum absolute atomic E-state index is 12.2. The number of alkyl halides is 3. The first kappa shape index (κ1) is 29.8. The molecule has 0 radical (unpaired) electrons. The zero-order chi connectivity index (χ0) is 27.7. The Hall–Kier alpha value is -2.73. The first-order valence-electron chi connectivity index (χ1n) is 12.6. The lowest BCUT2D eigenvalue weighted by Crippen LogP contribution is -2.44. The monoisotopic (exact) mass is 554 g/mol. The molecule has 1 aliphatic carbocycles. The van der Waals surface area contributed by atoms with Gasteiger partial charge in [-0.15, -0.1) is 0 Å². The number of hydrogen-bond donors (Lipinski definition) is 3. The molecule has 0 bridgehead atoms. The topological polar surface area (TPSA) is 107 Å². The lowest BCUT2D eigenvalue weighted by Gasteiger charge is -2.30. The van der Waals surface area contributed by atoms with Crippen LogP contribution in [0.3, 0.4) is 0 Å². The largest absolute Gasteiger partial charge is 0.416 e. The predicted molar refractivity (Wildman–Crippen MR) is 138 cm³/mol. The summed E-state index contributed by atoms with van der Waals surface area (Å²) in [5, 5.41) is 22.7. The van der Waals surface area contributed by atoms with E-state index in [9.17, 15) is 36.6 Å². The molecule has 0 unspecified atom stereocenters. The quantitative estimate of drug-likeness (QED) is 0.474. The van der Waals surface area contributed by atoms with E-state index in [1.807, 2.05) is 6.07 Å². The number of aliphatic hydroxyl groups is 2. The molecule has 1 aliphatic heterocycles. The number of carbonyl (C=O) groups is 1. The minimum absolute atomic E-state index is 0.250. The molecule has 1 heterocycles. The van der Waals surface area contributed by atoms with Crippen molar-refractivity contribution in [2.75, 3.05) is 13.1 Å². The number of aliphatic hydroxyl groups excluding tert-OH is 2. The molecular formula is C27H33F3N2O5S. The van der Waals surface area contributed by atoms with Crippen molar-refractivity contribution in [1.29, 1.82) is 0 Å². The third kappa shape index (κ3) is 8.93. The van der Waals surface area contributed by atoms with Gasteiger partial charge in [0.25, 0.3) is 5.91 Å². The zero-order valence-electron chi connectivity index (χ0n) is 20.9. The van der Waals surface area contributed by atoms with Crippen LogP contribution in [0.1, 0.15) is 60.4 Å². The number of benzene rings is 2. The highest BCUT2D eigenvalue weighted by molar-refractivity contribution is 7.71. The molecule has 38 heavy (non-hydrogen) atoms. The number of aryl methyl sites for hydroxylation is 1. The number of hydrogen-bond acceptors (Lipinski definition) is 6. The molecule has 1 saturated heterocycles. The van der Waals surface area contributed by atoms with E-state index in [0.29, 0.717) is 5.37 Å². The van der Waals surface area contributed by atoms with Gasteiger partial charge in [0.2, 0.25) is 10.3 Å². The van der Waals surface area contributed by atoms with Crippen molar-refractivity contribution in [2.45, 2.75) is 69.5 Å².